The number of nitro benzene ring substituents is 1. The van der Waals surface area contributed by atoms with E-state index in [-0.39, 0.29) is 29.9 Å². The van der Waals surface area contributed by atoms with Crippen LogP contribution in [-0.4, -0.2) is 50.8 Å². The summed E-state index contributed by atoms with van der Waals surface area (Å²) in [6.07, 6.45) is 2.23. The molecule has 12 nitrogen and oxygen atoms in total. The van der Waals surface area contributed by atoms with Gasteiger partial charge in [-0.25, -0.2) is 13.8 Å². The Morgan fingerprint density at radius 3 is 2.38 bits per heavy atom. The van der Waals surface area contributed by atoms with E-state index >= 15 is 0 Å². The standard InChI is InChI=1S/C26H27N5O7S/c1-19(21-7-4-3-5-8-21)28-26(33)18-38-24-13-11-20(12-14-24)16-27-29-25(32)17-30(39(2,36)37)22-9-6-10-23(15-22)31(34)35/h3-16,19H,17-18H2,1-2H3,(H,28,33)(H,29,32)/b27-16-/t19-/m0/s1. The molecule has 0 saturated carbocycles. The van der Waals surface area contributed by atoms with Gasteiger partial charge in [0.15, 0.2) is 6.61 Å². The number of sulfonamides is 1. The molecular formula is C26H27N5O7S. The summed E-state index contributed by atoms with van der Waals surface area (Å²) in [4.78, 5) is 34.9. The van der Waals surface area contributed by atoms with Gasteiger partial charge in [-0.3, -0.25) is 24.0 Å². The van der Waals surface area contributed by atoms with Crippen molar-refractivity contribution in [1.29, 1.82) is 0 Å². The number of hydrogen-bond acceptors (Lipinski definition) is 8. The van der Waals surface area contributed by atoms with Gasteiger partial charge < -0.3 is 10.1 Å². The van der Waals surface area contributed by atoms with Gasteiger partial charge in [0.1, 0.15) is 12.3 Å². The SMILES string of the molecule is C[C@H](NC(=O)COc1ccc(/C=N\NC(=O)CN(c2cccc([N+](=O)[O-])c2)S(C)(=O)=O)cc1)c1ccccc1. The van der Waals surface area contributed by atoms with Crippen molar-refractivity contribution in [2.45, 2.75) is 13.0 Å². The molecule has 0 aliphatic heterocycles. The third-order valence-electron chi connectivity index (χ3n) is 5.35. The molecule has 0 saturated heterocycles. The van der Waals surface area contributed by atoms with Crippen LogP contribution in [0.5, 0.6) is 5.75 Å². The van der Waals surface area contributed by atoms with E-state index in [1.165, 1.54) is 24.4 Å². The van der Waals surface area contributed by atoms with E-state index < -0.39 is 27.4 Å². The Kier molecular flexibility index (Phi) is 9.70. The Balaban J connectivity index is 1.50. The predicted octanol–water partition coefficient (Wildman–Crippen LogP) is 2.77. The average molecular weight is 554 g/mol. The monoisotopic (exact) mass is 553 g/mol. The molecule has 3 aromatic rings. The first-order chi connectivity index (χ1) is 18.5. The Bertz CT molecular complexity index is 1450. The van der Waals surface area contributed by atoms with Gasteiger partial charge in [-0.2, -0.15) is 5.10 Å². The summed E-state index contributed by atoms with van der Waals surface area (Å²) in [6, 6.07) is 20.9. The second kappa shape index (κ2) is 13.1. The van der Waals surface area contributed by atoms with Gasteiger partial charge in [-0.15, -0.1) is 0 Å². The van der Waals surface area contributed by atoms with Crippen molar-refractivity contribution >= 4 is 39.4 Å². The second-order valence-electron chi connectivity index (χ2n) is 8.40. The molecule has 0 heterocycles. The number of non-ortho nitro benzene ring substituents is 1. The fraction of sp³-hybridized carbons (Fsp3) is 0.192. The molecule has 1 atom stereocenters. The van der Waals surface area contributed by atoms with E-state index in [9.17, 15) is 28.1 Å². The number of amides is 2. The van der Waals surface area contributed by atoms with Crippen molar-refractivity contribution < 1.29 is 27.7 Å². The maximum absolute atomic E-state index is 12.3. The number of nitrogens with zero attached hydrogens (tertiary/aromatic N) is 3. The number of benzene rings is 3. The zero-order chi connectivity index (χ0) is 28.4. The minimum absolute atomic E-state index is 0.0235. The van der Waals surface area contributed by atoms with Crippen LogP contribution in [0.4, 0.5) is 11.4 Å². The van der Waals surface area contributed by atoms with E-state index in [0.29, 0.717) is 11.3 Å². The highest BCUT2D eigenvalue weighted by Gasteiger charge is 2.22. The van der Waals surface area contributed by atoms with Crippen molar-refractivity contribution in [3.63, 3.8) is 0 Å². The highest BCUT2D eigenvalue weighted by atomic mass is 32.2. The van der Waals surface area contributed by atoms with E-state index in [1.54, 1.807) is 24.3 Å². The largest absolute Gasteiger partial charge is 0.484 e. The quantitative estimate of drug-likeness (QED) is 0.198. The molecule has 3 rings (SSSR count). The topological polar surface area (TPSA) is 160 Å². The molecule has 0 unspecified atom stereocenters. The molecule has 0 aromatic heterocycles. The molecule has 39 heavy (non-hydrogen) atoms. The summed E-state index contributed by atoms with van der Waals surface area (Å²) in [5, 5.41) is 17.7. The minimum atomic E-state index is -3.91. The number of carbonyl (C=O) groups is 2. The number of nitrogens with one attached hydrogen (secondary N) is 2. The molecule has 0 aliphatic rings. The van der Waals surface area contributed by atoms with Gasteiger partial charge in [0.05, 0.1) is 29.1 Å². The number of hydrogen-bond donors (Lipinski definition) is 2. The summed E-state index contributed by atoms with van der Waals surface area (Å²) in [7, 11) is -3.91. The van der Waals surface area contributed by atoms with Crippen LogP contribution in [0, 0.1) is 10.1 Å². The number of rotatable bonds is 12. The van der Waals surface area contributed by atoms with Gasteiger partial charge in [0.25, 0.3) is 17.5 Å². The van der Waals surface area contributed by atoms with Crippen LogP contribution in [0.3, 0.4) is 0 Å². The van der Waals surface area contributed by atoms with Crippen LogP contribution in [0.1, 0.15) is 24.1 Å². The molecule has 2 N–H and O–H groups in total. The lowest BCUT2D eigenvalue weighted by Gasteiger charge is -2.21. The number of carbonyl (C=O) groups excluding carboxylic acids is 2. The summed E-state index contributed by atoms with van der Waals surface area (Å²) < 4.78 is 30.6. The van der Waals surface area contributed by atoms with Gasteiger partial charge in [0, 0.05) is 12.1 Å². The lowest BCUT2D eigenvalue weighted by atomic mass is 10.1. The fourth-order valence-electron chi connectivity index (χ4n) is 3.41. The molecule has 0 radical (unpaired) electrons. The molecule has 204 valence electrons. The molecule has 0 bridgehead atoms. The molecule has 2 amide bonds. The Morgan fingerprint density at radius 1 is 1.05 bits per heavy atom. The van der Waals surface area contributed by atoms with Crippen LogP contribution in [0.15, 0.2) is 84.0 Å². The molecule has 3 aromatic carbocycles. The van der Waals surface area contributed by atoms with Crippen molar-refractivity contribution in [1.82, 2.24) is 10.7 Å². The Morgan fingerprint density at radius 2 is 1.74 bits per heavy atom. The van der Waals surface area contributed by atoms with Gasteiger partial charge in [0.2, 0.25) is 10.0 Å². The molecular weight excluding hydrogens is 526 g/mol. The van der Waals surface area contributed by atoms with Crippen LogP contribution in [0.2, 0.25) is 0 Å². The number of ether oxygens (including phenoxy) is 1. The Hall–Kier alpha value is -4.78. The first kappa shape index (κ1) is 28.8. The van der Waals surface area contributed by atoms with Crippen molar-refractivity contribution in [2.75, 3.05) is 23.7 Å². The minimum Gasteiger partial charge on any atom is -0.484 e. The highest BCUT2D eigenvalue weighted by molar-refractivity contribution is 7.92. The summed E-state index contributed by atoms with van der Waals surface area (Å²) >= 11 is 0. The molecule has 0 aliphatic carbocycles. The Labute approximate surface area is 225 Å². The maximum Gasteiger partial charge on any atom is 0.271 e. The van der Waals surface area contributed by atoms with E-state index in [1.807, 2.05) is 37.3 Å². The third-order valence-corrected chi connectivity index (χ3v) is 6.49. The van der Waals surface area contributed by atoms with Crippen LogP contribution in [-0.2, 0) is 19.6 Å². The summed E-state index contributed by atoms with van der Waals surface area (Å²) in [6.45, 7) is 1.09. The number of anilines is 1. The lowest BCUT2D eigenvalue weighted by molar-refractivity contribution is -0.384. The second-order valence-corrected chi connectivity index (χ2v) is 10.3. The zero-order valence-corrected chi connectivity index (χ0v) is 22.0. The fourth-order valence-corrected chi connectivity index (χ4v) is 4.26. The molecule has 0 spiro atoms. The number of hydrazone groups is 1. The van der Waals surface area contributed by atoms with Crippen molar-refractivity contribution in [3.8, 4) is 5.75 Å². The number of nitro groups is 1. The van der Waals surface area contributed by atoms with E-state index in [2.05, 4.69) is 15.8 Å². The average Bonchev–Trinajstić information content (AvgIpc) is 2.91. The normalized spacial score (nSPS) is 11.9. The first-order valence-electron chi connectivity index (χ1n) is 11.6. The van der Waals surface area contributed by atoms with Gasteiger partial charge in [-0.1, -0.05) is 36.4 Å². The highest BCUT2D eigenvalue weighted by Crippen LogP contribution is 2.23. The van der Waals surface area contributed by atoms with Crippen LogP contribution >= 0.6 is 0 Å². The van der Waals surface area contributed by atoms with Crippen molar-refractivity contribution in [3.05, 3.63) is 100 Å². The molecule has 13 heteroatoms. The van der Waals surface area contributed by atoms with Crippen LogP contribution in [0.25, 0.3) is 0 Å². The predicted molar refractivity (Wildman–Crippen MR) is 146 cm³/mol. The smallest absolute Gasteiger partial charge is 0.271 e. The zero-order valence-electron chi connectivity index (χ0n) is 21.2. The lowest BCUT2D eigenvalue weighted by Crippen LogP contribution is -2.39. The maximum atomic E-state index is 12.3. The summed E-state index contributed by atoms with van der Waals surface area (Å²) in [5.74, 6) is -0.564. The van der Waals surface area contributed by atoms with Crippen LogP contribution < -0.4 is 19.8 Å². The van der Waals surface area contributed by atoms with Gasteiger partial charge in [-0.05, 0) is 48.4 Å². The summed E-state index contributed by atoms with van der Waals surface area (Å²) in [5.41, 5.74) is 3.48. The first-order valence-corrected chi connectivity index (χ1v) is 13.5. The van der Waals surface area contributed by atoms with E-state index in [0.717, 1.165) is 22.2 Å². The third kappa shape index (κ3) is 8.93. The van der Waals surface area contributed by atoms with Crippen molar-refractivity contribution in [2.24, 2.45) is 5.10 Å². The van der Waals surface area contributed by atoms with E-state index in [4.69, 9.17) is 4.74 Å². The van der Waals surface area contributed by atoms with Gasteiger partial charge >= 0.3 is 0 Å². The molecule has 0 fully saturated rings.